The maximum absolute atomic E-state index is 5.92. The molecule has 0 bridgehead atoms. The molecule has 1 aromatic heterocycles. The first-order valence-corrected chi connectivity index (χ1v) is 5.48. The Morgan fingerprint density at radius 1 is 1.47 bits per heavy atom. The number of hydrogen-bond donors (Lipinski definition) is 2. The van der Waals surface area contributed by atoms with Gasteiger partial charge in [-0.3, -0.25) is 5.10 Å². The molecule has 1 fully saturated rings. The lowest BCUT2D eigenvalue weighted by Gasteiger charge is -2.20. The summed E-state index contributed by atoms with van der Waals surface area (Å²) in [6, 6.07) is 0. The zero-order chi connectivity index (χ0) is 10.9. The predicted octanol–water partition coefficient (Wildman–Crippen LogP) is 1.45. The van der Waals surface area contributed by atoms with Gasteiger partial charge in [-0.1, -0.05) is 20.8 Å². The van der Waals surface area contributed by atoms with Gasteiger partial charge < -0.3 is 10.1 Å². The van der Waals surface area contributed by atoms with Crippen molar-refractivity contribution in [1.29, 1.82) is 0 Å². The van der Waals surface area contributed by atoms with Gasteiger partial charge in [-0.25, -0.2) is 0 Å². The fourth-order valence-corrected chi connectivity index (χ4v) is 1.81. The Labute approximate surface area is 90.4 Å². The Kier molecular flexibility index (Phi) is 2.69. The van der Waals surface area contributed by atoms with Crippen molar-refractivity contribution in [2.45, 2.75) is 38.7 Å². The van der Waals surface area contributed by atoms with Gasteiger partial charge >= 0.3 is 0 Å². The minimum absolute atomic E-state index is 0.0534. The Morgan fingerprint density at radius 2 is 2.27 bits per heavy atom. The molecular weight excluding hydrogens is 190 g/mol. The van der Waals surface area contributed by atoms with E-state index in [0.29, 0.717) is 6.10 Å². The van der Waals surface area contributed by atoms with Crippen LogP contribution in [0, 0.1) is 0 Å². The average molecular weight is 209 g/mol. The molecule has 2 heterocycles. The summed E-state index contributed by atoms with van der Waals surface area (Å²) in [5.74, 6) is 0.899. The van der Waals surface area contributed by atoms with E-state index in [2.05, 4.69) is 36.3 Å². The number of aromatic amines is 1. The molecule has 0 aromatic carbocycles. The largest absolute Gasteiger partial charge is 0.485 e. The third-order valence-corrected chi connectivity index (χ3v) is 2.66. The molecule has 4 heteroatoms. The van der Waals surface area contributed by atoms with E-state index in [4.69, 9.17) is 4.74 Å². The van der Waals surface area contributed by atoms with Crippen molar-refractivity contribution >= 4 is 0 Å². The first kappa shape index (κ1) is 10.5. The van der Waals surface area contributed by atoms with Crippen LogP contribution < -0.4 is 10.1 Å². The molecule has 15 heavy (non-hydrogen) atoms. The van der Waals surface area contributed by atoms with E-state index in [-0.39, 0.29) is 5.41 Å². The maximum Gasteiger partial charge on any atom is 0.161 e. The van der Waals surface area contributed by atoms with Crippen molar-refractivity contribution in [2.24, 2.45) is 0 Å². The second-order valence-electron chi connectivity index (χ2n) is 5.09. The Bertz CT molecular complexity index is 321. The van der Waals surface area contributed by atoms with E-state index >= 15 is 0 Å². The minimum Gasteiger partial charge on any atom is -0.485 e. The summed E-state index contributed by atoms with van der Waals surface area (Å²) in [6.45, 7) is 8.45. The highest BCUT2D eigenvalue weighted by atomic mass is 16.5. The van der Waals surface area contributed by atoms with Crippen molar-refractivity contribution in [3.8, 4) is 5.75 Å². The summed E-state index contributed by atoms with van der Waals surface area (Å²) in [7, 11) is 0. The number of hydrogen-bond acceptors (Lipinski definition) is 3. The summed E-state index contributed by atoms with van der Waals surface area (Å²) in [6.07, 6.45) is 3.15. The van der Waals surface area contributed by atoms with Crippen molar-refractivity contribution in [1.82, 2.24) is 15.5 Å². The van der Waals surface area contributed by atoms with Gasteiger partial charge in [0, 0.05) is 12.0 Å². The molecule has 1 aliphatic heterocycles. The molecule has 0 aliphatic carbocycles. The lowest BCUT2D eigenvalue weighted by Crippen LogP contribution is -2.21. The maximum atomic E-state index is 5.92. The predicted molar refractivity (Wildman–Crippen MR) is 59.2 cm³/mol. The molecule has 1 unspecified atom stereocenters. The third kappa shape index (κ3) is 2.31. The molecule has 0 radical (unpaired) electrons. The van der Waals surface area contributed by atoms with E-state index in [1.54, 1.807) is 6.20 Å². The smallest absolute Gasteiger partial charge is 0.161 e. The van der Waals surface area contributed by atoms with Crippen LogP contribution in [0.15, 0.2) is 6.20 Å². The van der Waals surface area contributed by atoms with Crippen molar-refractivity contribution < 1.29 is 4.74 Å². The molecule has 4 nitrogen and oxygen atoms in total. The number of H-pyrrole nitrogens is 1. The van der Waals surface area contributed by atoms with Gasteiger partial charge in [-0.2, -0.15) is 5.10 Å². The number of aromatic nitrogens is 2. The summed E-state index contributed by atoms with van der Waals surface area (Å²) in [4.78, 5) is 0. The van der Waals surface area contributed by atoms with Crippen LogP contribution in [0.4, 0.5) is 0 Å². The Balaban J connectivity index is 2.11. The zero-order valence-electron chi connectivity index (χ0n) is 9.63. The summed E-state index contributed by atoms with van der Waals surface area (Å²) in [5.41, 5.74) is 1.13. The summed E-state index contributed by atoms with van der Waals surface area (Å²) >= 11 is 0. The minimum atomic E-state index is 0.0534. The summed E-state index contributed by atoms with van der Waals surface area (Å²) in [5, 5.41) is 10.4. The molecule has 84 valence electrons. The van der Waals surface area contributed by atoms with Gasteiger partial charge in [0.05, 0.1) is 11.9 Å². The van der Waals surface area contributed by atoms with Gasteiger partial charge in [-0.15, -0.1) is 0 Å². The van der Waals surface area contributed by atoms with Gasteiger partial charge in [0.15, 0.2) is 5.75 Å². The van der Waals surface area contributed by atoms with Crippen LogP contribution in [0.1, 0.15) is 32.9 Å². The molecule has 0 spiro atoms. The molecule has 2 rings (SSSR count). The topological polar surface area (TPSA) is 49.9 Å². The van der Waals surface area contributed by atoms with E-state index in [1.807, 2.05) is 0 Å². The molecule has 1 aromatic rings. The molecule has 0 saturated carbocycles. The van der Waals surface area contributed by atoms with Crippen LogP contribution in [0.3, 0.4) is 0 Å². The van der Waals surface area contributed by atoms with Gasteiger partial charge in [0.1, 0.15) is 6.10 Å². The highest BCUT2D eigenvalue weighted by Gasteiger charge is 2.24. The van der Waals surface area contributed by atoms with Crippen molar-refractivity contribution in [2.75, 3.05) is 13.1 Å². The number of ether oxygens (including phenoxy) is 1. The first-order chi connectivity index (χ1) is 7.07. The second kappa shape index (κ2) is 3.85. The molecule has 1 saturated heterocycles. The van der Waals surface area contributed by atoms with E-state index < -0.39 is 0 Å². The number of nitrogens with zero attached hydrogens (tertiary/aromatic N) is 1. The first-order valence-electron chi connectivity index (χ1n) is 5.48. The fraction of sp³-hybridized carbons (Fsp3) is 0.727. The molecule has 2 N–H and O–H groups in total. The van der Waals surface area contributed by atoms with Crippen LogP contribution in [0.2, 0.25) is 0 Å². The van der Waals surface area contributed by atoms with Gasteiger partial charge in [0.25, 0.3) is 0 Å². The Morgan fingerprint density at radius 3 is 2.87 bits per heavy atom. The van der Waals surface area contributed by atoms with Crippen molar-refractivity contribution in [3.63, 3.8) is 0 Å². The monoisotopic (exact) mass is 209 g/mol. The highest BCUT2D eigenvalue weighted by molar-refractivity contribution is 5.30. The SMILES string of the molecule is CC(C)(C)c1[nH]ncc1OC1CCNC1. The van der Waals surface area contributed by atoms with E-state index in [1.165, 1.54) is 0 Å². The van der Waals surface area contributed by atoms with E-state index in [9.17, 15) is 0 Å². The average Bonchev–Trinajstić information content (AvgIpc) is 2.73. The standard InChI is InChI=1S/C11H19N3O/c1-11(2,3)10-9(7-13-14-10)15-8-4-5-12-6-8/h7-8,12H,4-6H2,1-3H3,(H,13,14). The lowest BCUT2D eigenvalue weighted by atomic mass is 9.92. The van der Waals surface area contributed by atoms with Crippen LogP contribution in [0.25, 0.3) is 0 Å². The van der Waals surface area contributed by atoms with Gasteiger partial charge in [-0.05, 0) is 13.0 Å². The second-order valence-corrected chi connectivity index (χ2v) is 5.09. The van der Waals surface area contributed by atoms with Crippen LogP contribution in [-0.4, -0.2) is 29.4 Å². The van der Waals surface area contributed by atoms with Crippen molar-refractivity contribution in [3.05, 3.63) is 11.9 Å². The fourth-order valence-electron chi connectivity index (χ4n) is 1.81. The normalized spacial score (nSPS) is 21.9. The summed E-state index contributed by atoms with van der Waals surface area (Å²) < 4.78 is 5.92. The zero-order valence-corrected chi connectivity index (χ0v) is 9.63. The molecule has 1 aliphatic rings. The number of rotatable bonds is 2. The van der Waals surface area contributed by atoms with Crippen LogP contribution in [-0.2, 0) is 5.41 Å². The third-order valence-electron chi connectivity index (χ3n) is 2.66. The van der Waals surface area contributed by atoms with Gasteiger partial charge in [0.2, 0.25) is 0 Å². The lowest BCUT2D eigenvalue weighted by molar-refractivity contribution is 0.218. The molecule has 1 atom stereocenters. The molecular formula is C11H19N3O. The van der Waals surface area contributed by atoms with Crippen LogP contribution >= 0.6 is 0 Å². The Hall–Kier alpha value is -1.03. The number of nitrogens with one attached hydrogen (secondary N) is 2. The van der Waals surface area contributed by atoms with Crippen LogP contribution in [0.5, 0.6) is 5.75 Å². The quantitative estimate of drug-likeness (QED) is 0.775. The highest BCUT2D eigenvalue weighted by Crippen LogP contribution is 2.29. The molecule has 0 amide bonds. The van der Waals surface area contributed by atoms with E-state index in [0.717, 1.165) is 31.0 Å².